The summed E-state index contributed by atoms with van der Waals surface area (Å²) in [6.45, 7) is 13.8. The van der Waals surface area contributed by atoms with Gasteiger partial charge in [0.05, 0.1) is 0 Å². The summed E-state index contributed by atoms with van der Waals surface area (Å²) in [7, 11) is 0. The van der Waals surface area contributed by atoms with Crippen molar-refractivity contribution in [1.29, 1.82) is 0 Å². The average molecular weight is 365 g/mol. The molecule has 0 atom stereocenters. The average Bonchev–Trinajstić information content (AvgIpc) is 3.31. The van der Waals surface area contributed by atoms with Gasteiger partial charge in [0.2, 0.25) is 0 Å². The molecule has 0 saturated heterocycles. The molecule has 0 amide bonds. The van der Waals surface area contributed by atoms with Gasteiger partial charge >= 0.3 is 0 Å². The first-order chi connectivity index (χ1) is 12.5. The van der Waals surface area contributed by atoms with E-state index in [1.54, 1.807) is 0 Å². The predicted octanol–water partition coefficient (Wildman–Crippen LogP) is 9.28. The quantitative estimate of drug-likeness (QED) is 0.466. The number of hydrogen-bond donors (Lipinski definition) is 0. The zero-order chi connectivity index (χ0) is 19.4. The Morgan fingerprint density at radius 2 is 0.769 bits per heavy atom. The molecule has 0 aromatic carbocycles. The van der Waals surface area contributed by atoms with Gasteiger partial charge in [0.25, 0.3) is 0 Å². The Kier molecular flexibility index (Phi) is 13.0. The Hall–Kier alpha value is 0. The summed E-state index contributed by atoms with van der Waals surface area (Å²) in [5, 5.41) is 0. The van der Waals surface area contributed by atoms with Crippen molar-refractivity contribution in [3.8, 4) is 0 Å². The van der Waals surface area contributed by atoms with Gasteiger partial charge in [0.1, 0.15) is 0 Å². The molecule has 0 aromatic rings. The lowest BCUT2D eigenvalue weighted by atomic mass is 9.75. The van der Waals surface area contributed by atoms with Crippen molar-refractivity contribution in [1.82, 2.24) is 0 Å². The van der Waals surface area contributed by atoms with Gasteiger partial charge in [-0.25, -0.2) is 0 Å². The van der Waals surface area contributed by atoms with E-state index in [-0.39, 0.29) is 0 Å². The highest BCUT2D eigenvalue weighted by Crippen LogP contribution is 2.35. The van der Waals surface area contributed by atoms with E-state index in [0.29, 0.717) is 0 Å². The lowest BCUT2D eigenvalue weighted by Gasteiger charge is -2.31. The van der Waals surface area contributed by atoms with E-state index in [4.69, 9.17) is 0 Å². The molecule has 26 heavy (non-hydrogen) atoms. The van der Waals surface area contributed by atoms with Crippen LogP contribution in [0.25, 0.3) is 0 Å². The van der Waals surface area contributed by atoms with Crippen LogP contribution in [0, 0.1) is 35.5 Å². The molecular weight excluding hydrogens is 312 g/mol. The van der Waals surface area contributed by atoms with Crippen molar-refractivity contribution in [3.05, 3.63) is 0 Å². The summed E-state index contributed by atoms with van der Waals surface area (Å²) in [4.78, 5) is 0. The Balaban J connectivity index is 0.000000175. The molecule has 4 rings (SSSR count). The molecule has 0 heterocycles. The first-order valence-corrected chi connectivity index (χ1v) is 12.5. The van der Waals surface area contributed by atoms with Crippen molar-refractivity contribution < 1.29 is 0 Å². The smallest absolute Gasteiger partial charge is 0.0412 e. The molecule has 4 saturated carbocycles. The van der Waals surface area contributed by atoms with Crippen LogP contribution >= 0.6 is 0 Å². The van der Waals surface area contributed by atoms with Crippen molar-refractivity contribution in [2.45, 2.75) is 131 Å². The van der Waals surface area contributed by atoms with Crippen LogP contribution in [-0.4, -0.2) is 0 Å². The third-order valence-corrected chi connectivity index (χ3v) is 7.42. The molecule has 0 nitrogen and oxygen atoms in total. The highest BCUT2D eigenvalue weighted by atomic mass is 14.3. The van der Waals surface area contributed by atoms with Gasteiger partial charge in [-0.2, -0.15) is 0 Å². The summed E-state index contributed by atoms with van der Waals surface area (Å²) in [5.74, 6) is 6.51. The maximum absolute atomic E-state index is 2.34. The standard InChI is InChI=1S/3C7H14.C5H10/c2*1-3-7-4-6(2)5-7;1-2-7-5-3-4-6-7;1-2-5-3-4-5/h2*6-7H,3-5H2,1-2H3;7H,2-6H2,1H3;5H,2-4H2,1H3. The summed E-state index contributed by atoms with van der Waals surface area (Å²) in [6, 6.07) is 0. The van der Waals surface area contributed by atoms with E-state index in [0.717, 1.165) is 35.5 Å². The Bertz CT molecular complexity index is 280. The fraction of sp³-hybridized carbons (Fsp3) is 1.00. The van der Waals surface area contributed by atoms with E-state index in [2.05, 4.69) is 41.5 Å². The third-order valence-electron chi connectivity index (χ3n) is 7.42. The van der Waals surface area contributed by atoms with Crippen LogP contribution in [0.15, 0.2) is 0 Å². The summed E-state index contributed by atoms with van der Waals surface area (Å²) < 4.78 is 0. The van der Waals surface area contributed by atoms with E-state index in [1.807, 2.05) is 0 Å². The molecule has 4 aliphatic carbocycles. The van der Waals surface area contributed by atoms with Crippen LogP contribution in [-0.2, 0) is 0 Å². The number of rotatable bonds is 4. The van der Waals surface area contributed by atoms with Crippen molar-refractivity contribution in [2.24, 2.45) is 35.5 Å². The molecule has 156 valence electrons. The lowest BCUT2D eigenvalue weighted by Crippen LogP contribution is -2.19. The van der Waals surface area contributed by atoms with Gasteiger partial charge in [-0.3, -0.25) is 0 Å². The second-order valence-electron chi connectivity index (χ2n) is 10.1. The zero-order valence-corrected chi connectivity index (χ0v) is 19.4. The van der Waals surface area contributed by atoms with E-state index >= 15 is 0 Å². The van der Waals surface area contributed by atoms with Gasteiger partial charge in [0.15, 0.2) is 0 Å². The lowest BCUT2D eigenvalue weighted by molar-refractivity contribution is 0.206. The summed E-state index contributed by atoms with van der Waals surface area (Å²) in [6.07, 6.45) is 20.7. The molecule has 0 spiro atoms. The Labute approximate surface area is 167 Å². The number of hydrogen-bond acceptors (Lipinski definition) is 0. The predicted molar refractivity (Wildman–Crippen MR) is 120 cm³/mol. The molecule has 4 fully saturated rings. The minimum Gasteiger partial charge on any atom is -0.0651 e. The van der Waals surface area contributed by atoms with Crippen molar-refractivity contribution in [2.75, 3.05) is 0 Å². The third kappa shape index (κ3) is 11.0. The monoisotopic (exact) mass is 364 g/mol. The Morgan fingerprint density at radius 3 is 0.885 bits per heavy atom. The molecule has 0 aliphatic heterocycles. The minimum atomic E-state index is 1.05. The van der Waals surface area contributed by atoms with E-state index in [1.165, 1.54) is 89.9 Å². The van der Waals surface area contributed by atoms with Crippen LogP contribution < -0.4 is 0 Å². The van der Waals surface area contributed by atoms with Gasteiger partial charge in [-0.05, 0) is 61.2 Å². The fourth-order valence-electron chi connectivity index (χ4n) is 4.75. The van der Waals surface area contributed by atoms with E-state index < -0.39 is 0 Å². The van der Waals surface area contributed by atoms with Gasteiger partial charge < -0.3 is 0 Å². The SMILES string of the molecule is CCC1CC(C)C1.CCC1CC(C)C1.CCC1CC1.CCC1CCCC1. The normalized spacial score (nSPS) is 32.5. The highest BCUT2D eigenvalue weighted by molar-refractivity contribution is 4.74. The van der Waals surface area contributed by atoms with Crippen LogP contribution in [0.5, 0.6) is 0 Å². The molecule has 0 unspecified atom stereocenters. The summed E-state index contributed by atoms with van der Waals surface area (Å²) >= 11 is 0. The largest absolute Gasteiger partial charge is 0.0651 e. The first kappa shape index (κ1) is 24.0. The maximum Gasteiger partial charge on any atom is -0.0412 e. The molecule has 4 aliphatic rings. The molecular formula is C26H52. The molecule has 0 heteroatoms. The first-order valence-electron chi connectivity index (χ1n) is 12.5. The second kappa shape index (κ2) is 14.1. The zero-order valence-electron chi connectivity index (χ0n) is 19.4. The molecule has 0 aromatic heterocycles. The second-order valence-corrected chi connectivity index (χ2v) is 10.1. The molecule has 0 radical (unpaired) electrons. The van der Waals surface area contributed by atoms with Crippen molar-refractivity contribution >= 4 is 0 Å². The highest BCUT2D eigenvalue weighted by Gasteiger charge is 2.23. The molecule has 0 bridgehead atoms. The Morgan fingerprint density at radius 1 is 0.462 bits per heavy atom. The minimum absolute atomic E-state index is 1.05. The van der Waals surface area contributed by atoms with Crippen molar-refractivity contribution in [3.63, 3.8) is 0 Å². The van der Waals surface area contributed by atoms with Gasteiger partial charge in [0, 0.05) is 0 Å². The van der Waals surface area contributed by atoms with E-state index in [9.17, 15) is 0 Å². The van der Waals surface area contributed by atoms with Crippen LogP contribution in [0.2, 0.25) is 0 Å². The van der Waals surface area contributed by atoms with Crippen LogP contribution in [0.1, 0.15) is 131 Å². The molecule has 0 N–H and O–H groups in total. The maximum atomic E-state index is 2.34. The van der Waals surface area contributed by atoms with Gasteiger partial charge in [-0.15, -0.1) is 0 Å². The fourth-order valence-corrected chi connectivity index (χ4v) is 4.75. The topological polar surface area (TPSA) is 0 Å². The van der Waals surface area contributed by atoms with Crippen LogP contribution in [0.4, 0.5) is 0 Å². The van der Waals surface area contributed by atoms with Crippen LogP contribution in [0.3, 0.4) is 0 Å². The van der Waals surface area contributed by atoms with Gasteiger partial charge in [-0.1, -0.05) is 106 Å². The summed E-state index contributed by atoms with van der Waals surface area (Å²) in [5.41, 5.74) is 0.